The van der Waals surface area contributed by atoms with Gasteiger partial charge in [0.25, 0.3) is 0 Å². The molecule has 0 aliphatic carbocycles. The van der Waals surface area contributed by atoms with E-state index < -0.39 is 21.4 Å². The fourth-order valence-corrected chi connectivity index (χ4v) is 2.16. The third-order valence-electron chi connectivity index (χ3n) is 2.62. The largest absolute Gasteiger partial charge is 0.534 e. The highest BCUT2D eigenvalue weighted by Gasteiger charge is 2.48. The van der Waals surface area contributed by atoms with Gasteiger partial charge in [-0.05, 0) is 11.5 Å². The minimum Gasteiger partial charge on any atom is -0.467 e. The van der Waals surface area contributed by atoms with Crippen molar-refractivity contribution in [2.45, 2.75) is 5.51 Å². The van der Waals surface area contributed by atoms with Crippen LogP contribution in [0.3, 0.4) is 0 Å². The molecule has 9 heteroatoms. The Morgan fingerprint density at radius 3 is 2.45 bits per heavy atom. The van der Waals surface area contributed by atoms with Gasteiger partial charge < -0.3 is 13.7 Å². The highest BCUT2D eigenvalue weighted by molar-refractivity contribution is 7.88. The third-order valence-corrected chi connectivity index (χ3v) is 3.59. The van der Waals surface area contributed by atoms with E-state index in [2.05, 4.69) is 4.18 Å². The van der Waals surface area contributed by atoms with Crippen LogP contribution in [-0.2, 0) is 14.9 Å². The monoisotopic (exact) mass is 336 g/mol. The van der Waals surface area contributed by atoms with Gasteiger partial charge in [-0.2, -0.15) is 21.6 Å². The number of ether oxygens (including phenoxy) is 2. The summed E-state index contributed by atoms with van der Waals surface area (Å²) in [5, 5.41) is 0.670. The van der Waals surface area contributed by atoms with Crippen LogP contribution in [0.25, 0.3) is 10.8 Å². The van der Waals surface area contributed by atoms with Crippen molar-refractivity contribution in [2.24, 2.45) is 0 Å². The van der Waals surface area contributed by atoms with E-state index >= 15 is 0 Å². The molecule has 0 N–H and O–H groups in total. The first-order valence-electron chi connectivity index (χ1n) is 5.90. The van der Waals surface area contributed by atoms with Gasteiger partial charge in [0.15, 0.2) is 12.5 Å². The minimum absolute atomic E-state index is 0.118. The number of benzene rings is 2. The molecule has 5 nitrogen and oxygen atoms in total. The van der Waals surface area contributed by atoms with Crippen molar-refractivity contribution in [2.75, 3.05) is 13.9 Å². The normalized spacial score (nSPS) is 12.4. The number of fused-ring (bicyclic) bond motifs is 1. The van der Waals surface area contributed by atoms with Crippen LogP contribution in [0, 0.1) is 0 Å². The maximum atomic E-state index is 12.5. The summed E-state index contributed by atoms with van der Waals surface area (Å²) in [6.45, 7) is -0.149. The molecular weight excluding hydrogens is 325 g/mol. The zero-order chi connectivity index (χ0) is 16.4. The molecule has 0 unspecified atom stereocenters. The van der Waals surface area contributed by atoms with Crippen molar-refractivity contribution in [1.82, 2.24) is 0 Å². The van der Waals surface area contributed by atoms with E-state index in [1.807, 2.05) is 0 Å². The van der Waals surface area contributed by atoms with E-state index in [9.17, 15) is 21.6 Å². The van der Waals surface area contributed by atoms with Gasteiger partial charge in [0.1, 0.15) is 5.75 Å². The molecular formula is C13H11F3O5S. The highest BCUT2D eigenvalue weighted by Crippen LogP contribution is 2.35. The Hall–Kier alpha value is -2.00. The Morgan fingerprint density at radius 2 is 1.82 bits per heavy atom. The quantitative estimate of drug-likeness (QED) is 0.477. The lowest BCUT2D eigenvalue weighted by Crippen LogP contribution is -2.28. The molecule has 22 heavy (non-hydrogen) atoms. The molecule has 0 heterocycles. The Kier molecular flexibility index (Phi) is 4.47. The van der Waals surface area contributed by atoms with Gasteiger partial charge in [0.05, 0.1) is 0 Å². The molecule has 0 fully saturated rings. The van der Waals surface area contributed by atoms with E-state index in [0.717, 1.165) is 6.07 Å². The maximum absolute atomic E-state index is 12.5. The average molecular weight is 336 g/mol. The van der Waals surface area contributed by atoms with E-state index in [-0.39, 0.29) is 17.9 Å². The summed E-state index contributed by atoms with van der Waals surface area (Å²) in [4.78, 5) is 0. The molecule has 0 saturated carbocycles. The zero-order valence-corrected chi connectivity index (χ0v) is 12.1. The van der Waals surface area contributed by atoms with Crippen LogP contribution in [0.1, 0.15) is 0 Å². The van der Waals surface area contributed by atoms with Crippen LogP contribution in [-0.4, -0.2) is 27.8 Å². The second-order valence-corrected chi connectivity index (χ2v) is 5.71. The standard InChI is InChI=1S/C13H11F3O5S/c1-19-8-20-10-6-9-4-2-3-5-11(9)12(7-10)21-22(17,18)13(14,15)16/h2-7H,8H2,1H3. The lowest BCUT2D eigenvalue weighted by Gasteiger charge is -2.13. The molecule has 0 saturated heterocycles. The molecule has 0 aliphatic rings. The predicted molar refractivity (Wildman–Crippen MR) is 72.1 cm³/mol. The summed E-state index contributed by atoms with van der Waals surface area (Å²) >= 11 is 0. The number of halogens is 3. The van der Waals surface area contributed by atoms with Crippen LogP contribution >= 0.6 is 0 Å². The van der Waals surface area contributed by atoms with Gasteiger partial charge in [0, 0.05) is 18.6 Å². The Morgan fingerprint density at radius 1 is 1.14 bits per heavy atom. The molecule has 0 aromatic heterocycles. The molecule has 2 aromatic rings. The maximum Gasteiger partial charge on any atom is 0.534 e. The molecule has 0 atom stereocenters. The van der Waals surface area contributed by atoms with Gasteiger partial charge in [-0.1, -0.05) is 24.3 Å². The Bertz CT molecular complexity index is 771. The lowest BCUT2D eigenvalue weighted by molar-refractivity contribution is -0.0499. The average Bonchev–Trinajstić information content (AvgIpc) is 2.43. The van der Waals surface area contributed by atoms with E-state index in [4.69, 9.17) is 9.47 Å². The number of methoxy groups -OCH3 is 1. The molecule has 0 bridgehead atoms. The van der Waals surface area contributed by atoms with Gasteiger partial charge in [-0.15, -0.1) is 0 Å². The van der Waals surface area contributed by atoms with Crippen molar-refractivity contribution < 1.29 is 35.2 Å². The van der Waals surface area contributed by atoms with Gasteiger partial charge >= 0.3 is 15.6 Å². The molecule has 0 amide bonds. The number of rotatable bonds is 5. The molecule has 120 valence electrons. The van der Waals surface area contributed by atoms with Crippen LogP contribution in [0.2, 0.25) is 0 Å². The molecule has 0 radical (unpaired) electrons. The zero-order valence-electron chi connectivity index (χ0n) is 11.3. The van der Waals surface area contributed by atoms with Gasteiger partial charge in [-0.25, -0.2) is 0 Å². The minimum atomic E-state index is -5.77. The number of hydrogen-bond acceptors (Lipinski definition) is 5. The lowest BCUT2D eigenvalue weighted by atomic mass is 10.1. The van der Waals surface area contributed by atoms with E-state index in [1.54, 1.807) is 18.2 Å². The van der Waals surface area contributed by atoms with Crippen LogP contribution in [0.5, 0.6) is 11.5 Å². The summed E-state index contributed by atoms with van der Waals surface area (Å²) in [5.41, 5.74) is -5.52. The second kappa shape index (κ2) is 6.01. The van der Waals surface area contributed by atoms with Crippen molar-refractivity contribution in [3.8, 4) is 11.5 Å². The van der Waals surface area contributed by atoms with E-state index in [1.165, 1.54) is 19.2 Å². The smallest absolute Gasteiger partial charge is 0.467 e. The topological polar surface area (TPSA) is 61.8 Å². The van der Waals surface area contributed by atoms with Gasteiger partial charge in [0.2, 0.25) is 0 Å². The Balaban J connectivity index is 2.51. The summed E-state index contributed by atoms with van der Waals surface area (Å²) in [7, 11) is -4.40. The Labute approximate surface area is 124 Å². The first-order valence-corrected chi connectivity index (χ1v) is 7.31. The predicted octanol–water partition coefficient (Wildman–Crippen LogP) is 3.05. The fraction of sp³-hybridized carbons (Fsp3) is 0.231. The van der Waals surface area contributed by atoms with Crippen molar-refractivity contribution >= 4 is 20.9 Å². The molecule has 0 spiro atoms. The number of alkyl halides is 3. The molecule has 2 rings (SSSR count). The van der Waals surface area contributed by atoms with Crippen molar-refractivity contribution in [3.05, 3.63) is 36.4 Å². The second-order valence-electron chi connectivity index (χ2n) is 4.18. The van der Waals surface area contributed by atoms with Crippen LogP contribution in [0.4, 0.5) is 13.2 Å². The summed E-state index contributed by atoms with van der Waals surface area (Å²) in [5.74, 6) is -0.352. The highest BCUT2D eigenvalue weighted by atomic mass is 32.2. The summed E-state index contributed by atoms with van der Waals surface area (Å²) < 4.78 is 73.8. The SMILES string of the molecule is COCOc1cc(OS(=O)(=O)C(F)(F)F)c2ccccc2c1. The van der Waals surface area contributed by atoms with Crippen LogP contribution in [0.15, 0.2) is 36.4 Å². The summed E-state index contributed by atoms with van der Waals surface area (Å²) in [6.07, 6.45) is 0. The van der Waals surface area contributed by atoms with Crippen LogP contribution < -0.4 is 8.92 Å². The van der Waals surface area contributed by atoms with E-state index in [0.29, 0.717) is 5.39 Å². The fourth-order valence-electron chi connectivity index (χ4n) is 1.69. The van der Waals surface area contributed by atoms with Crippen molar-refractivity contribution in [3.63, 3.8) is 0 Å². The summed E-state index contributed by atoms with van der Waals surface area (Å²) in [6, 6.07) is 8.81. The first kappa shape index (κ1) is 16.4. The third kappa shape index (κ3) is 3.42. The van der Waals surface area contributed by atoms with Crippen molar-refractivity contribution in [1.29, 1.82) is 0 Å². The molecule has 2 aromatic carbocycles. The van der Waals surface area contributed by atoms with Gasteiger partial charge in [-0.3, -0.25) is 0 Å². The number of hydrogen-bond donors (Lipinski definition) is 0. The first-order chi connectivity index (χ1) is 10.2. The molecule has 0 aliphatic heterocycles.